The van der Waals surface area contributed by atoms with Crippen molar-refractivity contribution in [2.45, 2.75) is 27.7 Å². The average molecular weight is 227 g/mol. The summed E-state index contributed by atoms with van der Waals surface area (Å²) < 4.78 is 1.77. The molecule has 1 atom stereocenters. The maximum absolute atomic E-state index is 2.36. The van der Waals surface area contributed by atoms with Gasteiger partial charge in [0, 0.05) is 0 Å². The Labute approximate surface area is 97.2 Å². The van der Waals surface area contributed by atoms with E-state index in [9.17, 15) is 0 Å². The molecule has 0 bridgehead atoms. The van der Waals surface area contributed by atoms with Gasteiger partial charge in [0.2, 0.25) is 0 Å². The molecule has 1 aliphatic rings. The van der Waals surface area contributed by atoms with Gasteiger partial charge in [-0.05, 0) is 0 Å². The van der Waals surface area contributed by atoms with Gasteiger partial charge < -0.3 is 0 Å². The Kier molecular flexibility index (Phi) is 4.18. The van der Waals surface area contributed by atoms with Gasteiger partial charge in [-0.2, -0.15) is 0 Å². The van der Waals surface area contributed by atoms with Crippen molar-refractivity contribution in [3.8, 4) is 0 Å². The van der Waals surface area contributed by atoms with Crippen LogP contribution in [0.3, 0.4) is 0 Å². The summed E-state index contributed by atoms with van der Waals surface area (Å²) in [5, 5.41) is 0. The van der Waals surface area contributed by atoms with Gasteiger partial charge in [0.25, 0.3) is 0 Å². The van der Waals surface area contributed by atoms with E-state index >= 15 is 0 Å². The molecule has 1 rings (SSSR count). The fourth-order valence-electron chi connectivity index (χ4n) is 1.89. The molecule has 0 saturated carbocycles. The Morgan fingerprint density at radius 3 is 2.07 bits per heavy atom. The molecule has 78 valence electrons. The quantitative estimate of drug-likeness (QED) is 0.670. The van der Waals surface area contributed by atoms with Crippen molar-refractivity contribution in [3.63, 3.8) is 0 Å². The summed E-state index contributed by atoms with van der Waals surface area (Å²) in [4.78, 5) is 3.60. The van der Waals surface area contributed by atoms with Gasteiger partial charge in [-0.15, -0.1) is 0 Å². The Morgan fingerprint density at radius 2 is 1.71 bits per heavy atom. The van der Waals surface area contributed by atoms with E-state index in [1.165, 1.54) is 4.85 Å². The van der Waals surface area contributed by atoms with E-state index in [0.29, 0.717) is 0 Å². The van der Waals surface area contributed by atoms with Gasteiger partial charge in [-0.25, -0.2) is 0 Å². The molecule has 0 aromatic heterocycles. The Hall–Kier alpha value is 0.154. The third-order valence-corrected chi connectivity index (χ3v) is 6.32. The van der Waals surface area contributed by atoms with Crippen LogP contribution in [0.4, 0.5) is 0 Å². The Bertz CT molecular complexity index is 287. The zero-order chi connectivity index (χ0) is 10.9. The summed E-state index contributed by atoms with van der Waals surface area (Å²) in [6.07, 6.45) is 0. The molecule has 1 aliphatic carbocycles. The van der Waals surface area contributed by atoms with Crippen LogP contribution in [-0.4, -0.2) is 23.8 Å². The fourth-order valence-corrected chi connectivity index (χ4v) is 4.18. The van der Waals surface area contributed by atoms with Crippen LogP contribution >= 0.6 is 0 Å². The van der Waals surface area contributed by atoms with Gasteiger partial charge >= 0.3 is 97.2 Å². The molecule has 0 radical (unpaired) electrons. The standard InChI is InChI=1S/C9H13.C3H8N.Ti/c1-6-5-7(2)9(4)8(6)3;1-4(2)3;/h6H,1-4H3;1H2,2-3H3;. The SMILES string of the molecule is CC1=C(C)C(C)[C]([Ti][CH2]N(C)C)=C1C. The average Bonchev–Trinajstić information content (AvgIpc) is 2.29. The molecular weight excluding hydrogens is 206 g/mol. The third kappa shape index (κ3) is 2.39. The van der Waals surface area contributed by atoms with Crippen LogP contribution in [0.5, 0.6) is 0 Å². The summed E-state index contributed by atoms with van der Waals surface area (Å²) in [5.74, 6) is 0.731. The van der Waals surface area contributed by atoms with Crippen molar-refractivity contribution >= 4 is 0 Å². The van der Waals surface area contributed by atoms with E-state index in [2.05, 4.69) is 46.7 Å². The zero-order valence-electron chi connectivity index (χ0n) is 10.2. The summed E-state index contributed by atoms with van der Waals surface area (Å²) in [6.45, 7) is 9.23. The van der Waals surface area contributed by atoms with Crippen LogP contribution in [0, 0.1) is 5.92 Å². The first-order chi connectivity index (χ1) is 6.45. The summed E-state index contributed by atoms with van der Waals surface area (Å²) in [5.41, 5.74) is 4.74. The number of allylic oxidation sites excluding steroid dienone is 4. The number of nitrogens with zero attached hydrogens (tertiary/aromatic N) is 1. The molecule has 1 nitrogen and oxygen atoms in total. The molecule has 0 aliphatic heterocycles. The maximum atomic E-state index is 2.36. The van der Waals surface area contributed by atoms with E-state index in [1.807, 2.05) is 0 Å². The van der Waals surface area contributed by atoms with Crippen LogP contribution in [-0.2, 0) is 19.2 Å². The monoisotopic (exact) mass is 227 g/mol. The van der Waals surface area contributed by atoms with Crippen LogP contribution in [0.25, 0.3) is 0 Å². The predicted octanol–water partition coefficient (Wildman–Crippen LogP) is 2.85. The van der Waals surface area contributed by atoms with E-state index in [-0.39, 0.29) is 19.2 Å². The minimum atomic E-state index is 0.0728. The van der Waals surface area contributed by atoms with Crippen molar-refractivity contribution in [1.29, 1.82) is 0 Å². The normalized spacial score (nSPS) is 22.6. The van der Waals surface area contributed by atoms with Crippen molar-refractivity contribution in [2.75, 3.05) is 18.9 Å². The Morgan fingerprint density at radius 1 is 1.14 bits per heavy atom. The summed E-state index contributed by atoms with van der Waals surface area (Å²) in [6, 6.07) is 0. The van der Waals surface area contributed by atoms with Crippen molar-refractivity contribution < 1.29 is 19.2 Å². The van der Waals surface area contributed by atoms with Gasteiger partial charge in [-0.3, -0.25) is 0 Å². The predicted molar refractivity (Wildman–Crippen MR) is 58.8 cm³/mol. The molecule has 0 aromatic rings. The number of rotatable bonds is 3. The van der Waals surface area contributed by atoms with Gasteiger partial charge in [0.15, 0.2) is 0 Å². The molecule has 0 fully saturated rings. The first-order valence-electron chi connectivity index (χ1n) is 5.22. The van der Waals surface area contributed by atoms with Crippen LogP contribution in [0.15, 0.2) is 20.6 Å². The molecule has 0 spiro atoms. The van der Waals surface area contributed by atoms with E-state index < -0.39 is 0 Å². The molecule has 0 N–H and O–H groups in total. The molecule has 0 heterocycles. The van der Waals surface area contributed by atoms with Gasteiger partial charge in [0.1, 0.15) is 0 Å². The second kappa shape index (κ2) is 4.78. The molecule has 2 heteroatoms. The second-order valence-corrected chi connectivity index (χ2v) is 6.37. The van der Waals surface area contributed by atoms with Crippen molar-refractivity contribution in [3.05, 3.63) is 20.6 Å². The fraction of sp³-hybridized carbons (Fsp3) is 0.667. The third-order valence-electron chi connectivity index (χ3n) is 3.23. The van der Waals surface area contributed by atoms with Crippen molar-refractivity contribution in [2.24, 2.45) is 5.92 Å². The molecule has 0 aromatic carbocycles. The van der Waals surface area contributed by atoms with Gasteiger partial charge in [-0.1, -0.05) is 0 Å². The summed E-state index contributed by atoms with van der Waals surface area (Å²) >= 11 is 0.0728. The first-order valence-corrected chi connectivity index (χ1v) is 7.10. The molecule has 0 saturated heterocycles. The van der Waals surface area contributed by atoms with Crippen LogP contribution in [0.1, 0.15) is 27.7 Å². The zero-order valence-corrected chi connectivity index (χ0v) is 11.8. The minimum absolute atomic E-state index is 0.0728. The van der Waals surface area contributed by atoms with Crippen molar-refractivity contribution in [1.82, 2.24) is 4.90 Å². The Balaban J connectivity index is 2.73. The first kappa shape index (κ1) is 12.2. The topological polar surface area (TPSA) is 3.24 Å². The molecule has 0 amide bonds. The van der Waals surface area contributed by atoms with E-state index in [4.69, 9.17) is 0 Å². The van der Waals surface area contributed by atoms with Crippen LogP contribution in [0.2, 0.25) is 0 Å². The van der Waals surface area contributed by atoms with E-state index in [0.717, 1.165) is 5.92 Å². The summed E-state index contributed by atoms with van der Waals surface area (Å²) in [7, 11) is 4.35. The number of hydrogen-bond donors (Lipinski definition) is 0. The molecule has 1 unspecified atom stereocenters. The molecular formula is C12H21NTi. The van der Waals surface area contributed by atoms with Gasteiger partial charge in [0.05, 0.1) is 0 Å². The van der Waals surface area contributed by atoms with Crippen LogP contribution < -0.4 is 0 Å². The van der Waals surface area contributed by atoms with E-state index in [1.54, 1.807) is 20.6 Å². The number of hydrogen-bond acceptors (Lipinski definition) is 1. The second-order valence-electron chi connectivity index (χ2n) is 4.48. The molecule has 14 heavy (non-hydrogen) atoms.